The summed E-state index contributed by atoms with van der Waals surface area (Å²) in [5.41, 5.74) is 9.46. The van der Waals surface area contributed by atoms with Gasteiger partial charge in [-0.2, -0.15) is 21.4 Å². The number of carbonyl (C=O) groups is 1. The molecule has 0 unspecified atom stereocenters. The zero-order valence-electron chi connectivity index (χ0n) is 33.3. The van der Waals surface area contributed by atoms with Crippen LogP contribution >= 0.6 is 0 Å². The molecular formula is C45H53N2O8S2+. The summed E-state index contributed by atoms with van der Waals surface area (Å²) < 4.78 is 69.0. The predicted octanol–water partition coefficient (Wildman–Crippen LogP) is 9.28. The summed E-state index contributed by atoms with van der Waals surface area (Å²) in [6.45, 7) is 12.0. The van der Waals surface area contributed by atoms with Crippen LogP contribution in [-0.4, -0.2) is 66.1 Å². The summed E-state index contributed by atoms with van der Waals surface area (Å²) in [5.74, 6) is -1.37. The van der Waals surface area contributed by atoms with E-state index in [1.807, 2.05) is 32.1 Å². The standard InChI is InChI=1S/C45H52N2O8S2/c1-6-7-10-27-46-38-14-9-8-13-36(38)44(2,3)40(46)25-21-32-15-16-33(42(32)31-17-19-34(20-18-31)43(48)49)22-26-41-45(4,5)37-30-35(57(53,54)55)23-24-39(37)47(41)28-11-12-29-56(50,51)52/h8-9,13-14,17-26,30H,6-7,10-12,15-16,27-29H2,1-5H3,(H2-,48,49,50,51,52,53,54,55)/p+1. The lowest BCUT2D eigenvalue weighted by Crippen LogP contribution is -2.28. The Morgan fingerprint density at radius 1 is 0.825 bits per heavy atom. The molecule has 2 heterocycles. The van der Waals surface area contributed by atoms with Gasteiger partial charge < -0.3 is 10.0 Å². The van der Waals surface area contributed by atoms with Crippen LogP contribution in [0.25, 0.3) is 5.57 Å². The second-order valence-electron chi connectivity index (χ2n) is 16.2. The van der Waals surface area contributed by atoms with Crippen molar-refractivity contribution in [1.82, 2.24) is 0 Å². The van der Waals surface area contributed by atoms with E-state index < -0.39 is 31.6 Å². The molecule has 0 spiro atoms. The van der Waals surface area contributed by atoms with Gasteiger partial charge in [-0.3, -0.25) is 9.11 Å². The molecule has 2 aliphatic heterocycles. The first-order chi connectivity index (χ1) is 26.8. The van der Waals surface area contributed by atoms with Crippen molar-refractivity contribution in [3.63, 3.8) is 0 Å². The van der Waals surface area contributed by atoms with E-state index in [2.05, 4.69) is 72.7 Å². The van der Waals surface area contributed by atoms with E-state index in [-0.39, 0.29) is 28.0 Å². The SMILES string of the molecule is CCCCC[N+]1=C(/C=C/C2=C(c3ccc(C(=O)O)cc3)C(=C/C=C3/N(CCCCS(=O)(=O)O)c4ccc(S(=O)(=O)O)cc4C3(C)C)/CC2)C(C)(C)c2ccccc21. The number of carboxylic acid groups (broad SMARTS) is 1. The minimum Gasteiger partial charge on any atom is -0.478 e. The van der Waals surface area contributed by atoms with Crippen LogP contribution in [0.15, 0.2) is 113 Å². The van der Waals surface area contributed by atoms with E-state index in [9.17, 15) is 35.8 Å². The van der Waals surface area contributed by atoms with E-state index in [1.54, 1.807) is 18.2 Å². The molecule has 0 radical (unpaired) electrons. The zero-order valence-corrected chi connectivity index (χ0v) is 35.0. The fourth-order valence-electron chi connectivity index (χ4n) is 8.58. The Kier molecular flexibility index (Phi) is 12.0. The molecule has 3 aromatic rings. The molecule has 0 aromatic heterocycles. The Hall–Kier alpha value is -4.62. The molecule has 0 amide bonds. The second kappa shape index (κ2) is 16.3. The van der Waals surface area contributed by atoms with E-state index in [1.165, 1.54) is 29.1 Å². The Morgan fingerprint density at radius 2 is 1.54 bits per heavy atom. The van der Waals surface area contributed by atoms with Gasteiger partial charge in [0.1, 0.15) is 6.54 Å². The third kappa shape index (κ3) is 8.79. The molecule has 57 heavy (non-hydrogen) atoms. The number of hydrogen-bond acceptors (Lipinski definition) is 6. The minimum atomic E-state index is -4.47. The molecule has 12 heteroatoms. The van der Waals surface area contributed by atoms with Gasteiger partial charge in [-0.1, -0.05) is 69.7 Å². The number of rotatable bonds is 15. The highest BCUT2D eigenvalue weighted by molar-refractivity contribution is 7.86. The highest BCUT2D eigenvalue weighted by Crippen LogP contribution is 2.49. The van der Waals surface area contributed by atoms with Crippen molar-refractivity contribution in [2.75, 3.05) is 23.7 Å². The number of aromatic carboxylic acids is 1. The van der Waals surface area contributed by atoms with Gasteiger partial charge in [0.15, 0.2) is 5.71 Å². The molecule has 0 bridgehead atoms. The first-order valence-electron chi connectivity index (χ1n) is 19.6. The average Bonchev–Trinajstić information content (AvgIpc) is 3.72. The Labute approximate surface area is 337 Å². The van der Waals surface area contributed by atoms with Crippen LogP contribution in [0.1, 0.15) is 107 Å². The number of benzene rings is 3. The lowest BCUT2D eigenvalue weighted by atomic mass is 9.81. The van der Waals surface area contributed by atoms with Gasteiger partial charge in [-0.15, -0.1) is 0 Å². The van der Waals surface area contributed by atoms with Gasteiger partial charge in [0.2, 0.25) is 5.69 Å². The first-order valence-corrected chi connectivity index (χ1v) is 22.7. The van der Waals surface area contributed by atoms with Crippen LogP contribution in [0.3, 0.4) is 0 Å². The molecule has 3 aliphatic rings. The molecular weight excluding hydrogens is 761 g/mol. The van der Waals surface area contributed by atoms with Crippen molar-refractivity contribution in [1.29, 1.82) is 0 Å². The maximum absolute atomic E-state index is 12.2. The summed E-state index contributed by atoms with van der Waals surface area (Å²) in [6.07, 6.45) is 14.1. The van der Waals surface area contributed by atoms with Crippen molar-refractivity contribution < 1.29 is 40.4 Å². The maximum Gasteiger partial charge on any atom is 0.335 e. The van der Waals surface area contributed by atoms with Crippen molar-refractivity contribution >= 4 is 48.9 Å². The monoisotopic (exact) mass is 813 g/mol. The second-order valence-corrected chi connectivity index (χ2v) is 19.2. The van der Waals surface area contributed by atoms with Crippen molar-refractivity contribution in [2.45, 2.75) is 95.3 Å². The van der Waals surface area contributed by atoms with Crippen LogP contribution in [0.4, 0.5) is 11.4 Å². The fourth-order valence-corrected chi connectivity index (χ4v) is 9.66. The van der Waals surface area contributed by atoms with Crippen LogP contribution in [0.2, 0.25) is 0 Å². The Bertz CT molecular complexity index is 2450. The number of hydrogen-bond donors (Lipinski definition) is 3. The van der Waals surface area contributed by atoms with E-state index in [0.717, 1.165) is 72.3 Å². The van der Waals surface area contributed by atoms with E-state index in [4.69, 9.17) is 0 Å². The van der Waals surface area contributed by atoms with Gasteiger partial charge in [0.25, 0.3) is 20.2 Å². The number of unbranched alkanes of at least 4 members (excludes halogenated alkanes) is 3. The Morgan fingerprint density at radius 3 is 2.21 bits per heavy atom. The van der Waals surface area contributed by atoms with Gasteiger partial charge in [0.05, 0.1) is 21.6 Å². The largest absolute Gasteiger partial charge is 0.478 e. The summed E-state index contributed by atoms with van der Waals surface area (Å²) in [4.78, 5) is 13.6. The number of anilines is 1. The van der Waals surface area contributed by atoms with Crippen molar-refractivity contribution in [3.05, 3.63) is 130 Å². The number of para-hydroxylation sites is 1. The molecule has 1 aliphatic carbocycles. The molecule has 0 fully saturated rings. The summed E-state index contributed by atoms with van der Waals surface area (Å²) in [6, 6.07) is 20.1. The summed E-state index contributed by atoms with van der Waals surface area (Å²) >= 11 is 0. The van der Waals surface area contributed by atoms with Gasteiger partial charge in [-0.05, 0) is 110 Å². The van der Waals surface area contributed by atoms with Gasteiger partial charge in [0, 0.05) is 47.5 Å². The lowest BCUT2D eigenvalue weighted by molar-refractivity contribution is -0.438. The predicted molar refractivity (Wildman–Crippen MR) is 226 cm³/mol. The fraction of sp³-hybridized carbons (Fsp3) is 0.378. The van der Waals surface area contributed by atoms with Crippen LogP contribution in [0, 0.1) is 0 Å². The van der Waals surface area contributed by atoms with Crippen LogP contribution in [0.5, 0.6) is 0 Å². The molecule has 0 atom stereocenters. The number of fused-ring (bicyclic) bond motifs is 2. The smallest absolute Gasteiger partial charge is 0.335 e. The quantitative estimate of drug-likeness (QED) is 0.0775. The van der Waals surface area contributed by atoms with Crippen molar-refractivity contribution in [3.8, 4) is 0 Å². The maximum atomic E-state index is 12.2. The van der Waals surface area contributed by atoms with Crippen molar-refractivity contribution in [2.24, 2.45) is 0 Å². The third-order valence-electron chi connectivity index (χ3n) is 11.6. The lowest BCUT2D eigenvalue weighted by Gasteiger charge is -2.27. The number of allylic oxidation sites excluding steroid dienone is 8. The number of nitrogens with zero attached hydrogens (tertiary/aromatic N) is 2. The highest BCUT2D eigenvalue weighted by Gasteiger charge is 2.44. The zero-order chi connectivity index (χ0) is 41.3. The number of carboxylic acids is 1. The van der Waals surface area contributed by atoms with Gasteiger partial charge in [-0.25, -0.2) is 4.79 Å². The molecule has 0 saturated carbocycles. The minimum absolute atomic E-state index is 0.199. The first kappa shape index (κ1) is 42.0. The molecule has 6 rings (SSSR count). The molecule has 3 N–H and O–H groups in total. The van der Waals surface area contributed by atoms with E-state index in [0.29, 0.717) is 18.5 Å². The summed E-state index contributed by atoms with van der Waals surface area (Å²) in [7, 11) is -8.60. The normalized spacial score (nSPS) is 19.0. The molecule has 10 nitrogen and oxygen atoms in total. The van der Waals surface area contributed by atoms with Crippen LogP contribution < -0.4 is 4.90 Å². The van der Waals surface area contributed by atoms with E-state index >= 15 is 0 Å². The Balaban J connectivity index is 1.45. The highest BCUT2D eigenvalue weighted by atomic mass is 32.2. The average molecular weight is 814 g/mol. The van der Waals surface area contributed by atoms with Crippen LogP contribution in [-0.2, 0) is 31.1 Å². The molecule has 3 aromatic carbocycles. The van der Waals surface area contributed by atoms with Gasteiger partial charge >= 0.3 is 5.97 Å². The topological polar surface area (TPSA) is 152 Å². The molecule has 302 valence electrons. The summed E-state index contributed by atoms with van der Waals surface area (Å²) in [5, 5.41) is 9.66. The molecule has 0 saturated heterocycles. The third-order valence-corrected chi connectivity index (χ3v) is 13.2.